The van der Waals surface area contributed by atoms with E-state index < -0.39 is 0 Å². The van der Waals surface area contributed by atoms with E-state index in [0.717, 1.165) is 45.2 Å². The van der Waals surface area contributed by atoms with Gasteiger partial charge in [0.25, 0.3) is 0 Å². The van der Waals surface area contributed by atoms with Gasteiger partial charge in [0.2, 0.25) is 0 Å². The molecule has 0 saturated heterocycles. The van der Waals surface area contributed by atoms with Crippen LogP contribution in [0.4, 0.5) is 0 Å². The largest absolute Gasteiger partial charge is 0.352 e. The van der Waals surface area contributed by atoms with Crippen LogP contribution in [0, 0.1) is 0 Å². The second-order valence-corrected chi connectivity index (χ2v) is 5.26. The van der Waals surface area contributed by atoms with Crippen LogP contribution in [-0.4, -0.2) is 49.0 Å². The Labute approximate surface area is 122 Å². The van der Waals surface area contributed by atoms with Gasteiger partial charge in [-0.05, 0) is 24.2 Å². The Bertz CT molecular complexity index is 434. The molecule has 4 heteroatoms. The second kappa shape index (κ2) is 7.29. The Morgan fingerprint density at radius 1 is 1.15 bits per heavy atom. The highest BCUT2D eigenvalue weighted by Gasteiger charge is 2.11. The molecule has 4 nitrogen and oxygen atoms in total. The molecule has 20 heavy (non-hydrogen) atoms. The first-order valence-electron chi connectivity index (χ1n) is 7.52. The monoisotopic (exact) mass is 274 g/mol. The lowest BCUT2D eigenvalue weighted by Crippen LogP contribution is -2.35. The van der Waals surface area contributed by atoms with E-state index in [1.54, 1.807) is 0 Å². The van der Waals surface area contributed by atoms with Crippen molar-refractivity contribution in [3.05, 3.63) is 35.4 Å². The van der Waals surface area contributed by atoms with Crippen molar-refractivity contribution in [3.8, 4) is 0 Å². The molecule has 1 aromatic carbocycles. The van der Waals surface area contributed by atoms with Gasteiger partial charge in [-0.25, -0.2) is 0 Å². The van der Waals surface area contributed by atoms with Gasteiger partial charge in [0, 0.05) is 26.7 Å². The number of likely N-dealkylation sites (N-methyl/N-ethyl adjacent to an activating group) is 1. The fraction of sp³-hybridized carbons (Fsp3) is 0.562. The van der Waals surface area contributed by atoms with E-state index in [2.05, 4.69) is 65.3 Å². The molecule has 1 aliphatic rings. The number of benzene rings is 1. The standard InChI is InChI=1S/C16H26N4/c1-4-20(5-2)13-15-8-6-14(7-9-15)12-18-16-17-10-11-19(16)3/h6-9H,4-5,10-13H2,1-3H3,(H,17,18). The molecule has 2 rings (SSSR count). The number of hydrogen-bond donors (Lipinski definition) is 1. The van der Waals surface area contributed by atoms with Crippen LogP contribution in [0.15, 0.2) is 29.3 Å². The molecule has 0 fully saturated rings. The molecular weight excluding hydrogens is 248 g/mol. The Kier molecular flexibility index (Phi) is 5.41. The van der Waals surface area contributed by atoms with Gasteiger partial charge in [0.15, 0.2) is 5.96 Å². The van der Waals surface area contributed by atoms with E-state index in [1.165, 1.54) is 11.1 Å². The SMILES string of the molecule is CCN(CC)Cc1ccc(CNC2=NCCN2C)cc1. The summed E-state index contributed by atoms with van der Waals surface area (Å²) in [4.78, 5) is 9.02. The topological polar surface area (TPSA) is 30.9 Å². The van der Waals surface area contributed by atoms with E-state index in [0.29, 0.717) is 0 Å². The van der Waals surface area contributed by atoms with Gasteiger partial charge >= 0.3 is 0 Å². The molecule has 0 unspecified atom stereocenters. The predicted molar refractivity (Wildman–Crippen MR) is 84.8 cm³/mol. The fourth-order valence-corrected chi connectivity index (χ4v) is 2.37. The average molecular weight is 274 g/mol. The summed E-state index contributed by atoms with van der Waals surface area (Å²) in [6.45, 7) is 10.4. The van der Waals surface area contributed by atoms with Gasteiger partial charge in [0.1, 0.15) is 0 Å². The lowest BCUT2D eigenvalue weighted by molar-refractivity contribution is 0.296. The normalized spacial score (nSPS) is 14.8. The van der Waals surface area contributed by atoms with Crippen molar-refractivity contribution >= 4 is 5.96 Å². The minimum absolute atomic E-state index is 0.842. The first kappa shape index (κ1) is 14.9. The van der Waals surface area contributed by atoms with Gasteiger partial charge in [-0.1, -0.05) is 38.1 Å². The molecule has 0 aromatic heterocycles. The molecule has 1 aromatic rings. The molecule has 0 saturated carbocycles. The van der Waals surface area contributed by atoms with Crippen molar-refractivity contribution < 1.29 is 0 Å². The summed E-state index contributed by atoms with van der Waals surface area (Å²) in [5.41, 5.74) is 2.68. The summed E-state index contributed by atoms with van der Waals surface area (Å²) >= 11 is 0. The maximum absolute atomic E-state index is 4.44. The van der Waals surface area contributed by atoms with E-state index in [1.807, 2.05) is 0 Å². The molecule has 0 atom stereocenters. The molecule has 0 radical (unpaired) electrons. The molecule has 0 bridgehead atoms. The van der Waals surface area contributed by atoms with Gasteiger partial charge < -0.3 is 10.2 Å². The summed E-state index contributed by atoms with van der Waals surface area (Å²) in [7, 11) is 2.08. The minimum Gasteiger partial charge on any atom is -0.352 e. The Morgan fingerprint density at radius 3 is 2.35 bits per heavy atom. The van der Waals surface area contributed by atoms with Gasteiger partial charge in [-0.2, -0.15) is 0 Å². The van der Waals surface area contributed by atoms with Crippen molar-refractivity contribution in [2.45, 2.75) is 26.9 Å². The maximum Gasteiger partial charge on any atom is 0.194 e. The number of aliphatic imine (C=N–C) groups is 1. The third-order valence-electron chi connectivity index (χ3n) is 3.83. The minimum atomic E-state index is 0.842. The number of nitrogens with one attached hydrogen (secondary N) is 1. The molecular formula is C16H26N4. The highest BCUT2D eigenvalue weighted by Crippen LogP contribution is 2.08. The van der Waals surface area contributed by atoms with Crippen LogP contribution in [-0.2, 0) is 13.1 Å². The Morgan fingerprint density at radius 2 is 1.80 bits per heavy atom. The lowest BCUT2D eigenvalue weighted by Gasteiger charge is -2.18. The molecule has 0 spiro atoms. The van der Waals surface area contributed by atoms with Crippen LogP contribution in [0.5, 0.6) is 0 Å². The lowest BCUT2D eigenvalue weighted by atomic mass is 10.1. The summed E-state index contributed by atoms with van der Waals surface area (Å²) in [6.07, 6.45) is 0. The van der Waals surface area contributed by atoms with E-state index in [4.69, 9.17) is 0 Å². The quantitative estimate of drug-likeness (QED) is 0.860. The van der Waals surface area contributed by atoms with Crippen LogP contribution in [0.3, 0.4) is 0 Å². The van der Waals surface area contributed by atoms with Crippen molar-refractivity contribution in [1.82, 2.24) is 15.1 Å². The smallest absolute Gasteiger partial charge is 0.194 e. The predicted octanol–water partition coefficient (Wildman–Crippen LogP) is 1.92. The Balaban J connectivity index is 1.85. The molecule has 110 valence electrons. The third-order valence-corrected chi connectivity index (χ3v) is 3.83. The van der Waals surface area contributed by atoms with E-state index in [9.17, 15) is 0 Å². The molecule has 0 amide bonds. The van der Waals surface area contributed by atoms with Crippen molar-refractivity contribution in [2.75, 3.05) is 33.2 Å². The second-order valence-electron chi connectivity index (χ2n) is 5.26. The first-order valence-corrected chi connectivity index (χ1v) is 7.52. The molecule has 0 aliphatic carbocycles. The van der Waals surface area contributed by atoms with Gasteiger partial charge in [-0.15, -0.1) is 0 Å². The zero-order valence-corrected chi connectivity index (χ0v) is 12.9. The highest BCUT2D eigenvalue weighted by atomic mass is 15.3. The number of rotatable bonds is 6. The highest BCUT2D eigenvalue weighted by molar-refractivity contribution is 5.81. The number of nitrogens with zero attached hydrogens (tertiary/aromatic N) is 3. The summed E-state index contributed by atoms with van der Waals surface area (Å²) < 4.78 is 0. The van der Waals surface area contributed by atoms with Crippen LogP contribution < -0.4 is 5.32 Å². The number of guanidine groups is 1. The van der Waals surface area contributed by atoms with Gasteiger partial charge in [-0.3, -0.25) is 9.89 Å². The van der Waals surface area contributed by atoms with Crippen molar-refractivity contribution in [3.63, 3.8) is 0 Å². The van der Waals surface area contributed by atoms with Crippen LogP contribution in [0.1, 0.15) is 25.0 Å². The van der Waals surface area contributed by atoms with Crippen molar-refractivity contribution in [1.29, 1.82) is 0 Å². The maximum atomic E-state index is 4.44. The summed E-state index contributed by atoms with van der Waals surface area (Å²) in [5.74, 6) is 1.01. The Hall–Kier alpha value is -1.55. The van der Waals surface area contributed by atoms with Crippen molar-refractivity contribution in [2.24, 2.45) is 4.99 Å². The van der Waals surface area contributed by atoms with Crippen LogP contribution >= 0.6 is 0 Å². The third kappa shape index (κ3) is 3.97. The molecule has 1 aliphatic heterocycles. The zero-order chi connectivity index (χ0) is 14.4. The van der Waals surface area contributed by atoms with E-state index in [-0.39, 0.29) is 0 Å². The average Bonchev–Trinajstić information content (AvgIpc) is 2.89. The summed E-state index contributed by atoms with van der Waals surface area (Å²) in [6, 6.07) is 8.88. The number of hydrogen-bond acceptors (Lipinski definition) is 4. The molecule has 1 N–H and O–H groups in total. The summed E-state index contributed by atoms with van der Waals surface area (Å²) in [5, 5.41) is 3.40. The first-order chi connectivity index (χ1) is 9.72. The van der Waals surface area contributed by atoms with E-state index >= 15 is 0 Å². The molecule has 1 heterocycles. The fourth-order valence-electron chi connectivity index (χ4n) is 2.37. The zero-order valence-electron chi connectivity index (χ0n) is 12.9. The van der Waals surface area contributed by atoms with Gasteiger partial charge in [0.05, 0.1) is 6.54 Å². The van der Waals surface area contributed by atoms with Crippen LogP contribution in [0.2, 0.25) is 0 Å². The van der Waals surface area contributed by atoms with Crippen LogP contribution in [0.25, 0.3) is 0 Å².